The van der Waals surface area contributed by atoms with E-state index in [1.54, 1.807) is 24.5 Å². The molecule has 1 aliphatic rings. The zero-order valence-electron chi connectivity index (χ0n) is 18.0. The maximum atomic E-state index is 14.1. The van der Waals surface area contributed by atoms with E-state index in [9.17, 15) is 14.0 Å². The van der Waals surface area contributed by atoms with Gasteiger partial charge in [-0.1, -0.05) is 18.8 Å². The summed E-state index contributed by atoms with van der Waals surface area (Å²) in [4.78, 5) is 28.1. The Morgan fingerprint density at radius 1 is 1.27 bits per heavy atom. The molecular formula is C23H22FN5O4. The molecule has 0 radical (unpaired) electrons. The van der Waals surface area contributed by atoms with E-state index in [2.05, 4.69) is 32.3 Å². The van der Waals surface area contributed by atoms with Crippen LogP contribution in [0.4, 0.5) is 4.39 Å². The number of carbonyl (C=O) groups is 2. The number of hydrogen-bond acceptors (Lipinski definition) is 6. The van der Waals surface area contributed by atoms with E-state index in [4.69, 9.17) is 15.2 Å². The number of aromatic nitrogens is 3. The molecule has 3 aromatic rings. The van der Waals surface area contributed by atoms with E-state index < -0.39 is 29.9 Å². The molecule has 10 heteroatoms. The van der Waals surface area contributed by atoms with E-state index in [1.165, 1.54) is 13.3 Å². The molecule has 9 nitrogen and oxygen atoms in total. The van der Waals surface area contributed by atoms with Gasteiger partial charge in [-0.3, -0.25) is 14.7 Å². The van der Waals surface area contributed by atoms with E-state index in [0.717, 1.165) is 0 Å². The standard InChI is InChI=1S/C23H22FN5O4/c1-3-14-18(29-22(31)20(14)24)11-33-23-16-7-19(32-2)17(21(25)30)6-15(16)13(10-26-23)5-4-12-8-27-28-9-12/h6-10,14,18,20H,3,11H2,1-2H3,(H2,25,30)(H,27,28)(H,29,31)/t14-,18+,20-/m0/s1. The molecule has 2 amide bonds. The van der Waals surface area contributed by atoms with Gasteiger partial charge in [0.2, 0.25) is 5.88 Å². The van der Waals surface area contributed by atoms with Crippen molar-refractivity contribution >= 4 is 22.6 Å². The number of amides is 2. The lowest BCUT2D eigenvalue weighted by Crippen LogP contribution is -2.34. The Bertz CT molecular complexity index is 1270. The smallest absolute Gasteiger partial charge is 0.255 e. The number of methoxy groups -OCH3 is 1. The van der Waals surface area contributed by atoms with Gasteiger partial charge in [-0.25, -0.2) is 9.37 Å². The molecule has 0 saturated carbocycles. The number of aromatic amines is 1. The second kappa shape index (κ2) is 9.16. The Hall–Kier alpha value is -4.13. The van der Waals surface area contributed by atoms with Crippen molar-refractivity contribution in [3.8, 4) is 23.5 Å². The molecule has 0 bridgehead atoms. The minimum atomic E-state index is -1.56. The summed E-state index contributed by atoms with van der Waals surface area (Å²) in [6.45, 7) is 1.86. The van der Waals surface area contributed by atoms with Crippen LogP contribution in [0.25, 0.3) is 10.8 Å². The fourth-order valence-electron chi connectivity index (χ4n) is 3.87. The van der Waals surface area contributed by atoms with Crippen LogP contribution >= 0.6 is 0 Å². The second-order valence-corrected chi connectivity index (χ2v) is 7.58. The summed E-state index contributed by atoms with van der Waals surface area (Å²) >= 11 is 0. The van der Waals surface area contributed by atoms with Crippen molar-refractivity contribution in [1.29, 1.82) is 0 Å². The van der Waals surface area contributed by atoms with E-state index in [1.807, 2.05) is 6.92 Å². The monoisotopic (exact) mass is 451 g/mol. The van der Waals surface area contributed by atoms with Crippen molar-refractivity contribution < 1.29 is 23.5 Å². The van der Waals surface area contributed by atoms with Crippen LogP contribution in [-0.4, -0.2) is 52.9 Å². The summed E-state index contributed by atoms with van der Waals surface area (Å²) < 4.78 is 25.4. The minimum Gasteiger partial charge on any atom is -0.496 e. The summed E-state index contributed by atoms with van der Waals surface area (Å²) in [5, 5.41) is 10.3. The highest BCUT2D eigenvalue weighted by Gasteiger charge is 2.41. The number of primary amides is 1. The van der Waals surface area contributed by atoms with Crippen LogP contribution in [0.5, 0.6) is 11.6 Å². The lowest BCUT2D eigenvalue weighted by molar-refractivity contribution is -0.123. The number of ether oxygens (including phenoxy) is 2. The third-order valence-electron chi connectivity index (χ3n) is 5.62. The van der Waals surface area contributed by atoms with Crippen molar-refractivity contribution in [3.63, 3.8) is 0 Å². The summed E-state index contributed by atoms with van der Waals surface area (Å²) in [6, 6.07) is 2.69. The molecule has 1 aliphatic heterocycles. The first-order valence-electron chi connectivity index (χ1n) is 10.3. The molecule has 0 unspecified atom stereocenters. The molecule has 4 rings (SSSR count). The predicted molar refractivity (Wildman–Crippen MR) is 117 cm³/mol. The van der Waals surface area contributed by atoms with Crippen LogP contribution in [-0.2, 0) is 4.79 Å². The average Bonchev–Trinajstić information content (AvgIpc) is 3.43. The Balaban J connectivity index is 1.75. The molecule has 170 valence electrons. The van der Waals surface area contributed by atoms with Crippen LogP contribution in [0.3, 0.4) is 0 Å². The molecule has 1 aromatic carbocycles. The number of rotatable bonds is 6. The van der Waals surface area contributed by atoms with Crippen molar-refractivity contribution in [3.05, 3.63) is 47.4 Å². The lowest BCUT2D eigenvalue weighted by Gasteiger charge is -2.19. The lowest BCUT2D eigenvalue weighted by atomic mass is 9.97. The molecule has 1 saturated heterocycles. The van der Waals surface area contributed by atoms with Crippen molar-refractivity contribution in [2.45, 2.75) is 25.6 Å². The number of fused-ring (bicyclic) bond motifs is 1. The van der Waals surface area contributed by atoms with Gasteiger partial charge in [0.15, 0.2) is 6.17 Å². The molecule has 0 spiro atoms. The summed E-state index contributed by atoms with van der Waals surface area (Å²) in [5.41, 5.74) is 6.92. The molecular weight excluding hydrogens is 429 g/mol. The molecule has 3 atom stereocenters. The maximum absolute atomic E-state index is 14.1. The second-order valence-electron chi connectivity index (χ2n) is 7.58. The largest absolute Gasteiger partial charge is 0.496 e. The van der Waals surface area contributed by atoms with E-state index >= 15 is 0 Å². The third-order valence-corrected chi connectivity index (χ3v) is 5.62. The first-order valence-corrected chi connectivity index (χ1v) is 10.3. The summed E-state index contributed by atoms with van der Waals surface area (Å²) in [5.74, 6) is 4.70. The van der Waals surface area contributed by atoms with Crippen molar-refractivity contribution in [1.82, 2.24) is 20.5 Å². The van der Waals surface area contributed by atoms with Crippen LogP contribution in [0.2, 0.25) is 0 Å². The Morgan fingerprint density at radius 2 is 2.09 bits per heavy atom. The van der Waals surface area contributed by atoms with Crippen molar-refractivity contribution in [2.24, 2.45) is 11.7 Å². The van der Waals surface area contributed by atoms with Crippen LogP contribution < -0.4 is 20.5 Å². The molecule has 1 fully saturated rings. The topological polar surface area (TPSA) is 132 Å². The van der Waals surface area contributed by atoms with Crippen molar-refractivity contribution in [2.75, 3.05) is 13.7 Å². The van der Waals surface area contributed by atoms with E-state index in [0.29, 0.717) is 28.3 Å². The Labute approximate surface area is 188 Å². The first kappa shape index (κ1) is 22.1. The van der Waals surface area contributed by atoms with Gasteiger partial charge in [0.05, 0.1) is 36.0 Å². The molecule has 2 aromatic heterocycles. The Morgan fingerprint density at radius 3 is 2.76 bits per heavy atom. The fourth-order valence-corrected chi connectivity index (χ4v) is 3.87. The van der Waals surface area contributed by atoms with Gasteiger partial charge in [-0.2, -0.15) is 5.10 Å². The fraction of sp³-hybridized carbons (Fsp3) is 0.304. The van der Waals surface area contributed by atoms with Crippen LogP contribution in [0.15, 0.2) is 30.7 Å². The summed E-state index contributed by atoms with van der Waals surface area (Å²) in [7, 11) is 1.42. The SMILES string of the molecule is CC[C@@H]1[C@H](F)C(=O)N[C@@H]1COc1ncc(C#Cc2cn[nH]c2)c2cc(C(N)=O)c(OC)cc12. The average molecular weight is 451 g/mol. The quantitative estimate of drug-likeness (QED) is 0.489. The van der Waals surface area contributed by atoms with Crippen LogP contribution in [0.1, 0.15) is 34.8 Å². The number of hydrogen-bond donors (Lipinski definition) is 3. The van der Waals surface area contributed by atoms with E-state index in [-0.39, 0.29) is 23.8 Å². The predicted octanol–water partition coefficient (Wildman–Crippen LogP) is 1.71. The van der Waals surface area contributed by atoms with Gasteiger partial charge in [0.25, 0.3) is 11.8 Å². The Kier molecular flexibility index (Phi) is 6.13. The number of pyridine rings is 1. The highest BCUT2D eigenvalue weighted by molar-refractivity contribution is 6.03. The number of nitrogens with one attached hydrogen (secondary N) is 2. The maximum Gasteiger partial charge on any atom is 0.255 e. The first-order chi connectivity index (χ1) is 15.9. The zero-order valence-corrected chi connectivity index (χ0v) is 18.0. The number of nitrogens with two attached hydrogens (primary N) is 1. The van der Waals surface area contributed by atoms with Gasteiger partial charge < -0.3 is 20.5 Å². The summed E-state index contributed by atoms with van der Waals surface area (Å²) in [6.07, 6.45) is 3.67. The highest BCUT2D eigenvalue weighted by Crippen LogP contribution is 2.33. The molecule has 33 heavy (non-hydrogen) atoms. The number of H-pyrrole nitrogens is 1. The van der Waals surface area contributed by atoms with Crippen LogP contribution in [0, 0.1) is 17.8 Å². The van der Waals surface area contributed by atoms with Gasteiger partial charge in [-0.15, -0.1) is 0 Å². The number of benzene rings is 1. The normalized spacial score (nSPS) is 19.6. The van der Waals surface area contributed by atoms with Gasteiger partial charge >= 0.3 is 0 Å². The number of carbonyl (C=O) groups excluding carboxylic acids is 2. The third kappa shape index (κ3) is 4.30. The number of alkyl halides is 1. The highest BCUT2D eigenvalue weighted by atomic mass is 19.1. The molecule has 4 N–H and O–H groups in total. The van der Waals surface area contributed by atoms with Gasteiger partial charge in [0, 0.05) is 29.1 Å². The van der Waals surface area contributed by atoms with Gasteiger partial charge in [-0.05, 0) is 18.6 Å². The number of halogens is 1. The van der Waals surface area contributed by atoms with Gasteiger partial charge in [0.1, 0.15) is 12.4 Å². The minimum absolute atomic E-state index is 0.0344. The zero-order chi connectivity index (χ0) is 23.5. The number of nitrogens with zero attached hydrogens (tertiary/aromatic N) is 2. The molecule has 0 aliphatic carbocycles. The molecule has 3 heterocycles.